The van der Waals surface area contributed by atoms with Gasteiger partial charge in [0.25, 0.3) is 0 Å². The Morgan fingerprint density at radius 1 is 1.42 bits per heavy atom. The first-order valence-electron chi connectivity index (χ1n) is 6.00. The second kappa shape index (κ2) is 6.06. The molecule has 5 nitrogen and oxygen atoms in total. The fraction of sp³-hybridized carbons (Fsp3) is 0.385. The predicted molar refractivity (Wildman–Crippen MR) is 73.4 cm³/mol. The van der Waals surface area contributed by atoms with Crippen molar-refractivity contribution in [3.8, 4) is 11.4 Å². The van der Waals surface area contributed by atoms with Gasteiger partial charge in [-0.25, -0.2) is 0 Å². The van der Waals surface area contributed by atoms with Crippen molar-refractivity contribution in [2.24, 2.45) is 5.92 Å². The molecule has 0 aliphatic carbocycles. The van der Waals surface area contributed by atoms with Crippen LogP contribution in [0.2, 0.25) is 0 Å². The summed E-state index contributed by atoms with van der Waals surface area (Å²) < 4.78 is 5.93. The first-order chi connectivity index (χ1) is 9.04. The third-order valence-electron chi connectivity index (χ3n) is 2.42. The molecule has 19 heavy (non-hydrogen) atoms. The van der Waals surface area contributed by atoms with Crippen LogP contribution in [-0.4, -0.2) is 20.9 Å². The summed E-state index contributed by atoms with van der Waals surface area (Å²) in [4.78, 5) is 19.9. The van der Waals surface area contributed by atoms with E-state index in [1.54, 1.807) is 12.4 Å². The minimum absolute atomic E-state index is 0.109. The van der Waals surface area contributed by atoms with Crippen LogP contribution < -0.4 is 0 Å². The van der Waals surface area contributed by atoms with Gasteiger partial charge in [0.05, 0.1) is 6.42 Å². The molecule has 0 atom stereocenters. The van der Waals surface area contributed by atoms with Crippen molar-refractivity contribution in [1.82, 2.24) is 15.1 Å². The minimum atomic E-state index is 0.109. The van der Waals surface area contributed by atoms with Gasteiger partial charge in [0.2, 0.25) is 11.7 Å². The fourth-order valence-corrected chi connectivity index (χ4v) is 2.04. The van der Waals surface area contributed by atoms with Gasteiger partial charge in [0.15, 0.2) is 0 Å². The highest BCUT2D eigenvalue weighted by Crippen LogP contribution is 2.19. The van der Waals surface area contributed by atoms with Crippen molar-refractivity contribution in [2.75, 3.05) is 0 Å². The van der Waals surface area contributed by atoms with Gasteiger partial charge in [0.1, 0.15) is 5.78 Å². The van der Waals surface area contributed by atoms with E-state index in [2.05, 4.69) is 31.1 Å². The molecule has 2 heterocycles. The molecule has 0 radical (unpaired) electrons. The molecule has 0 unspecified atom stereocenters. The van der Waals surface area contributed by atoms with Gasteiger partial charge in [-0.3, -0.25) is 9.78 Å². The summed E-state index contributed by atoms with van der Waals surface area (Å²) >= 11 is 3.33. The van der Waals surface area contributed by atoms with E-state index in [1.807, 2.05) is 19.9 Å². The average molecular weight is 324 g/mol. The van der Waals surface area contributed by atoms with Crippen LogP contribution in [0.15, 0.2) is 27.5 Å². The molecule has 100 valence electrons. The quantitative estimate of drug-likeness (QED) is 0.845. The number of hydrogen-bond acceptors (Lipinski definition) is 5. The Morgan fingerprint density at radius 2 is 2.21 bits per heavy atom. The van der Waals surface area contributed by atoms with Crippen molar-refractivity contribution in [2.45, 2.75) is 26.7 Å². The highest BCUT2D eigenvalue weighted by atomic mass is 79.9. The SMILES string of the molecule is CC(C)CC(=O)Cc1nc(-c2cncc(Br)c2)no1. The number of Topliss-reactive ketones (excluding diaryl/α,β-unsaturated/α-hetero) is 1. The van der Waals surface area contributed by atoms with Crippen LogP contribution in [0.25, 0.3) is 11.4 Å². The highest BCUT2D eigenvalue weighted by Gasteiger charge is 2.13. The molecule has 0 N–H and O–H groups in total. The lowest BCUT2D eigenvalue weighted by atomic mass is 10.1. The summed E-state index contributed by atoms with van der Waals surface area (Å²) in [6, 6.07) is 1.84. The number of hydrogen-bond donors (Lipinski definition) is 0. The lowest BCUT2D eigenvalue weighted by Gasteiger charge is -2.00. The Morgan fingerprint density at radius 3 is 2.89 bits per heavy atom. The maximum atomic E-state index is 11.7. The molecule has 6 heteroatoms. The summed E-state index contributed by atoms with van der Waals surface area (Å²) in [5.41, 5.74) is 0.751. The van der Waals surface area contributed by atoms with Gasteiger partial charge >= 0.3 is 0 Å². The first-order valence-corrected chi connectivity index (χ1v) is 6.79. The second-order valence-corrected chi connectivity index (χ2v) is 5.63. The number of carbonyl (C=O) groups excluding carboxylic acids is 1. The van der Waals surface area contributed by atoms with Crippen LogP contribution in [0.1, 0.15) is 26.2 Å². The van der Waals surface area contributed by atoms with Crippen LogP contribution in [0.5, 0.6) is 0 Å². The molecule has 0 saturated carbocycles. The van der Waals surface area contributed by atoms with Crippen LogP contribution in [0.3, 0.4) is 0 Å². The van der Waals surface area contributed by atoms with Crippen molar-refractivity contribution < 1.29 is 9.32 Å². The van der Waals surface area contributed by atoms with E-state index in [1.165, 1.54) is 0 Å². The van der Waals surface area contributed by atoms with Crippen LogP contribution in [0, 0.1) is 5.92 Å². The number of carbonyl (C=O) groups is 1. The van der Waals surface area contributed by atoms with E-state index >= 15 is 0 Å². The average Bonchev–Trinajstić information content (AvgIpc) is 2.76. The van der Waals surface area contributed by atoms with Gasteiger partial charge in [-0.1, -0.05) is 19.0 Å². The van der Waals surface area contributed by atoms with E-state index in [0.717, 1.165) is 10.0 Å². The molecular weight excluding hydrogens is 310 g/mol. The van der Waals surface area contributed by atoms with E-state index in [9.17, 15) is 4.79 Å². The smallest absolute Gasteiger partial charge is 0.234 e. The standard InChI is InChI=1S/C13H14BrN3O2/c1-8(2)3-11(18)5-12-16-13(17-19-12)9-4-10(14)7-15-6-9/h4,6-8H,3,5H2,1-2H3. The predicted octanol–water partition coefficient (Wildman–Crippen LogP) is 3.05. The molecule has 0 spiro atoms. The Hall–Kier alpha value is -1.56. The first kappa shape index (κ1) is 13.9. The molecule has 0 saturated heterocycles. The fourth-order valence-electron chi connectivity index (χ4n) is 1.67. The molecule has 2 rings (SSSR count). The number of ketones is 1. The zero-order valence-electron chi connectivity index (χ0n) is 10.8. The summed E-state index contributed by atoms with van der Waals surface area (Å²) in [6.07, 6.45) is 4.04. The molecule has 0 aliphatic heterocycles. The molecule has 0 aromatic carbocycles. The Kier molecular flexibility index (Phi) is 4.42. The lowest BCUT2D eigenvalue weighted by molar-refractivity contribution is -0.119. The van der Waals surface area contributed by atoms with E-state index < -0.39 is 0 Å². The number of pyridine rings is 1. The van der Waals surface area contributed by atoms with Gasteiger partial charge in [-0.15, -0.1) is 0 Å². The van der Waals surface area contributed by atoms with Gasteiger partial charge in [-0.05, 0) is 27.9 Å². The van der Waals surface area contributed by atoms with Crippen LogP contribution in [-0.2, 0) is 11.2 Å². The molecule has 0 amide bonds. The van der Waals surface area contributed by atoms with E-state index in [-0.39, 0.29) is 12.2 Å². The second-order valence-electron chi connectivity index (χ2n) is 4.72. The lowest BCUT2D eigenvalue weighted by Crippen LogP contribution is -2.06. The molecule has 0 fully saturated rings. The van der Waals surface area contributed by atoms with Gasteiger partial charge in [0, 0.05) is 28.9 Å². The van der Waals surface area contributed by atoms with Crippen molar-refractivity contribution >= 4 is 21.7 Å². The largest absolute Gasteiger partial charge is 0.338 e. The molecule has 0 aliphatic rings. The third-order valence-corrected chi connectivity index (χ3v) is 2.85. The molecule has 0 bridgehead atoms. The summed E-state index contributed by atoms with van der Waals surface area (Å²) in [7, 11) is 0. The summed E-state index contributed by atoms with van der Waals surface area (Å²) in [5.74, 6) is 1.24. The third kappa shape index (κ3) is 3.96. The van der Waals surface area contributed by atoms with Crippen LogP contribution in [0.4, 0.5) is 0 Å². The van der Waals surface area contributed by atoms with E-state index in [4.69, 9.17) is 4.52 Å². The number of halogens is 1. The zero-order chi connectivity index (χ0) is 13.8. The summed E-state index contributed by atoms with van der Waals surface area (Å²) in [6.45, 7) is 4.01. The maximum Gasteiger partial charge on any atom is 0.234 e. The molecule has 2 aromatic heterocycles. The Balaban J connectivity index is 2.09. The highest BCUT2D eigenvalue weighted by molar-refractivity contribution is 9.10. The maximum absolute atomic E-state index is 11.7. The van der Waals surface area contributed by atoms with Crippen molar-refractivity contribution in [3.05, 3.63) is 28.8 Å². The minimum Gasteiger partial charge on any atom is -0.338 e. The Bertz CT molecular complexity index is 581. The van der Waals surface area contributed by atoms with Crippen molar-refractivity contribution in [1.29, 1.82) is 0 Å². The van der Waals surface area contributed by atoms with Gasteiger partial charge < -0.3 is 4.52 Å². The topological polar surface area (TPSA) is 68.9 Å². The molecule has 2 aromatic rings. The summed E-state index contributed by atoms with van der Waals surface area (Å²) in [5, 5.41) is 3.86. The molecular formula is C13H14BrN3O2. The van der Waals surface area contributed by atoms with Crippen LogP contribution >= 0.6 is 15.9 Å². The Labute approximate surface area is 119 Å². The monoisotopic (exact) mass is 323 g/mol. The number of aromatic nitrogens is 3. The van der Waals surface area contributed by atoms with E-state index in [0.29, 0.717) is 24.1 Å². The van der Waals surface area contributed by atoms with Gasteiger partial charge in [-0.2, -0.15) is 4.98 Å². The number of nitrogens with zero attached hydrogens (tertiary/aromatic N) is 3. The number of rotatable bonds is 5. The normalized spacial score (nSPS) is 10.9. The zero-order valence-corrected chi connectivity index (χ0v) is 12.3. The van der Waals surface area contributed by atoms with Crippen molar-refractivity contribution in [3.63, 3.8) is 0 Å².